The van der Waals surface area contributed by atoms with Gasteiger partial charge in [-0.3, -0.25) is 14.6 Å². The number of hydrazine groups is 1. The maximum Gasteiger partial charge on any atom is 0.256 e. The molecular weight excluding hydrogens is 499 g/mol. The van der Waals surface area contributed by atoms with Crippen molar-refractivity contribution in [3.63, 3.8) is 0 Å². The van der Waals surface area contributed by atoms with Crippen molar-refractivity contribution in [1.82, 2.24) is 25.5 Å². The lowest BCUT2D eigenvalue weighted by Crippen LogP contribution is -2.48. The van der Waals surface area contributed by atoms with Crippen LogP contribution in [0, 0.1) is 18.7 Å². The first kappa shape index (κ1) is 29.8. The Kier molecular flexibility index (Phi) is 10.2. The van der Waals surface area contributed by atoms with E-state index in [2.05, 4.69) is 29.3 Å². The van der Waals surface area contributed by atoms with Gasteiger partial charge in [0.15, 0.2) is 0 Å². The van der Waals surface area contributed by atoms with Crippen molar-refractivity contribution in [2.45, 2.75) is 54.1 Å². The Morgan fingerprint density at radius 3 is 2.44 bits per heavy atom. The largest absolute Gasteiger partial charge is 0.355 e. The first-order valence-corrected chi connectivity index (χ1v) is 12.9. The molecule has 9 nitrogen and oxygen atoms in total. The zero-order valence-corrected chi connectivity index (χ0v) is 22.4. The average molecular weight is 539 g/mol. The van der Waals surface area contributed by atoms with Crippen LogP contribution in [0.4, 0.5) is 10.1 Å². The monoisotopic (exact) mass is 538 g/mol. The lowest BCUT2D eigenvalue weighted by Gasteiger charge is -2.31. The molecule has 2 amide bonds. The molecule has 0 spiro atoms. The second-order valence-corrected chi connectivity index (χ2v) is 10.1. The maximum absolute atomic E-state index is 15.1. The van der Waals surface area contributed by atoms with Crippen molar-refractivity contribution in [3.8, 4) is 11.4 Å². The van der Waals surface area contributed by atoms with E-state index in [1.165, 1.54) is 22.1 Å². The van der Waals surface area contributed by atoms with E-state index in [1.54, 1.807) is 31.1 Å². The number of aromatic nitrogens is 2. The molecule has 1 N–H and O–H groups in total. The lowest BCUT2D eigenvalue weighted by molar-refractivity contribution is -0.145. The highest BCUT2D eigenvalue weighted by atomic mass is 19.1. The molecule has 0 bridgehead atoms. The number of anilines is 1. The van der Waals surface area contributed by atoms with Gasteiger partial charge in [0.2, 0.25) is 17.6 Å². The molecule has 3 aromatic rings. The molecule has 2 aromatic carbocycles. The normalized spacial score (nSPS) is 12.7. The number of amides is 2. The van der Waals surface area contributed by atoms with Gasteiger partial charge >= 0.3 is 0 Å². The van der Waals surface area contributed by atoms with E-state index in [0.29, 0.717) is 42.8 Å². The molecule has 0 radical (unpaired) electrons. The van der Waals surface area contributed by atoms with E-state index in [1.807, 2.05) is 29.3 Å². The Morgan fingerprint density at radius 1 is 1.13 bits per heavy atom. The fourth-order valence-corrected chi connectivity index (χ4v) is 4.45. The van der Waals surface area contributed by atoms with Crippen molar-refractivity contribution in [1.29, 1.82) is 0 Å². The maximum atomic E-state index is 15.1. The molecule has 0 fully saturated rings. The predicted molar refractivity (Wildman–Crippen MR) is 149 cm³/mol. The third-order valence-corrected chi connectivity index (χ3v) is 6.62. The minimum absolute atomic E-state index is 0. The molecule has 0 saturated heterocycles. The lowest BCUT2D eigenvalue weighted by atomic mass is 10.1. The van der Waals surface area contributed by atoms with E-state index in [9.17, 15) is 9.59 Å². The standard InChI is InChI=1S/C28H35FN6O3.CH4/c1-19(2)8-7-13-30-26(36)17-34(25-14-21(11-12-24(25)29)28-31-20(3)38-32-28)18-27(37)33(4)35-15-22-9-5-6-10-23(22)16-35;/h5-6,9-12,14,19H,7-8,13,15-18H2,1-4H3,(H,30,36);1H4. The summed E-state index contributed by atoms with van der Waals surface area (Å²) in [6.45, 7) is 7.31. The van der Waals surface area contributed by atoms with Crippen molar-refractivity contribution >= 4 is 17.5 Å². The van der Waals surface area contributed by atoms with Gasteiger partial charge in [0.05, 0.1) is 18.8 Å². The summed E-state index contributed by atoms with van der Waals surface area (Å²) in [6.07, 6.45) is 1.84. The Labute approximate surface area is 229 Å². The van der Waals surface area contributed by atoms with Gasteiger partial charge in [-0.25, -0.2) is 9.40 Å². The van der Waals surface area contributed by atoms with Crippen LogP contribution in [-0.2, 0) is 22.7 Å². The highest BCUT2D eigenvalue weighted by Gasteiger charge is 2.27. The number of rotatable bonds is 11. The van der Waals surface area contributed by atoms with Crippen LogP contribution in [0.25, 0.3) is 11.4 Å². The number of likely N-dealkylation sites (N-methyl/N-ethyl adjacent to an activating group) is 1. The fraction of sp³-hybridized carbons (Fsp3) is 0.448. The van der Waals surface area contributed by atoms with Gasteiger partial charge in [-0.1, -0.05) is 50.7 Å². The third-order valence-electron chi connectivity index (χ3n) is 6.62. The zero-order chi connectivity index (χ0) is 27.2. The minimum atomic E-state index is -0.550. The molecule has 0 aliphatic carbocycles. The summed E-state index contributed by atoms with van der Waals surface area (Å²) in [5.74, 6) is 0.139. The molecular formula is C29H39FN6O3. The van der Waals surface area contributed by atoms with Gasteiger partial charge < -0.3 is 14.7 Å². The van der Waals surface area contributed by atoms with E-state index >= 15 is 4.39 Å². The Balaban J connectivity index is 0.00000420. The number of carbonyl (C=O) groups excluding carboxylic acids is 2. The van der Waals surface area contributed by atoms with E-state index < -0.39 is 5.82 Å². The second kappa shape index (κ2) is 13.3. The second-order valence-electron chi connectivity index (χ2n) is 10.1. The summed E-state index contributed by atoms with van der Waals surface area (Å²) in [7, 11) is 1.70. The predicted octanol–water partition coefficient (Wildman–Crippen LogP) is 4.57. The number of nitrogens with one attached hydrogen (secondary N) is 1. The van der Waals surface area contributed by atoms with E-state index in [0.717, 1.165) is 12.8 Å². The Bertz CT molecular complexity index is 1250. The summed E-state index contributed by atoms with van der Waals surface area (Å²) in [4.78, 5) is 31.9. The molecule has 2 heterocycles. The molecule has 10 heteroatoms. The van der Waals surface area contributed by atoms with E-state index in [4.69, 9.17) is 4.52 Å². The number of hydrogen-bond acceptors (Lipinski definition) is 7. The van der Waals surface area contributed by atoms with Gasteiger partial charge in [-0.2, -0.15) is 4.98 Å². The zero-order valence-electron chi connectivity index (χ0n) is 22.4. The molecule has 39 heavy (non-hydrogen) atoms. The summed E-state index contributed by atoms with van der Waals surface area (Å²) in [5.41, 5.74) is 2.97. The smallest absolute Gasteiger partial charge is 0.256 e. The summed E-state index contributed by atoms with van der Waals surface area (Å²) < 4.78 is 20.2. The topological polar surface area (TPSA) is 94.8 Å². The SMILES string of the molecule is C.Cc1nc(-c2ccc(F)c(N(CC(=O)NCCCC(C)C)CC(=O)N(C)N3Cc4ccccc4C3)c2)no1. The number of carbonyl (C=O) groups is 2. The summed E-state index contributed by atoms with van der Waals surface area (Å²) in [6, 6.07) is 12.4. The van der Waals surface area contributed by atoms with E-state index in [-0.39, 0.29) is 38.0 Å². The third kappa shape index (κ3) is 7.63. The Morgan fingerprint density at radius 2 is 1.82 bits per heavy atom. The molecule has 4 rings (SSSR count). The number of benzene rings is 2. The molecule has 1 aromatic heterocycles. The van der Waals surface area contributed by atoms with Gasteiger partial charge in [-0.05, 0) is 48.1 Å². The van der Waals surface area contributed by atoms with Gasteiger partial charge in [-0.15, -0.1) is 0 Å². The van der Waals surface area contributed by atoms with Crippen molar-refractivity contribution in [2.75, 3.05) is 31.6 Å². The number of hydrogen-bond donors (Lipinski definition) is 1. The van der Waals surface area contributed by atoms with Crippen LogP contribution < -0.4 is 10.2 Å². The highest BCUT2D eigenvalue weighted by Crippen LogP contribution is 2.27. The molecule has 0 atom stereocenters. The molecule has 1 aliphatic rings. The van der Waals surface area contributed by atoms with Crippen LogP contribution in [0.3, 0.4) is 0 Å². The summed E-state index contributed by atoms with van der Waals surface area (Å²) >= 11 is 0. The van der Waals surface area contributed by atoms with Gasteiger partial charge in [0, 0.05) is 39.2 Å². The fourth-order valence-electron chi connectivity index (χ4n) is 4.45. The van der Waals surface area contributed by atoms with Crippen LogP contribution in [0.15, 0.2) is 47.0 Å². The average Bonchev–Trinajstić information content (AvgIpc) is 3.52. The highest BCUT2D eigenvalue weighted by molar-refractivity contribution is 5.86. The quantitative estimate of drug-likeness (QED) is 0.358. The number of nitrogens with zero attached hydrogens (tertiary/aromatic N) is 5. The summed E-state index contributed by atoms with van der Waals surface area (Å²) in [5, 5.41) is 10.3. The van der Waals surface area contributed by atoms with Crippen LogP contribution in [0.1, 0.15) is 51.1 Å². The number of fused-ring (bicyclic) bond motifs is 1. The molecule has 0 saturated carbocycles. The van der Waals surface area contributed by atoms with Crippen molar-refractivity contribution < 1.29 is 18.5 Å². The van der Waals surface area contributed by atoms with Crippen LogP contribution >= 0.6 is 0 Å². The minimum Gasteiger partial charge on any atom is -0.355 e. The van der Waals surface area contributed by atoms with Gasteiger partial charge in [0.1, 0.15) is 5.82 Å². The number of halogens is 1. The van der Waals surface area contributed by atoms with Crippen LogP contribution in [0.2, 0.25) is 0 Å². The first-order chi connectivity index (χ1) is 18.2. The molecule has 1 aliphatic heterocycles. The molecule has 210 valence electrons. The van der Waals surface area contributed by atoms with Crippen LogP contribution in [0.5, 0.6) is 0 Å². The van der Waals surface area contributed by atoms with Crippen LogP contribution in [-0.4, -0.2) is 58.7 Å². The number of aryl methyl sites for hydroxylation is 1. The van der Waals surface area contributed by atoms with Crippen molar-refractivity contribution in [2.24, 2.45) is 5.92 Å². The van der Waals surface area contributed by atoms with Gasteiger partial charge in [0.25, 0.3) is 5.91 Å². The Hall–Kier alpha value is -3.79. The van der Waals surface area contributed by atoms with Crippen molar-refractivity contribution in [3.05, 3.63) is 65.3 Å². The first-order valence-electron chi connectivity index (χ1n) is 12.9. The molecule has 0 unspecified atom stereocenters.